The molecule has 1 aliphatic heterocycles. The highest BCUT2D eigenvalue weighted by molar-refractivity contribution is 14.1. The highest BCUT2D eigenvalue weighted by Gasteiger charge is 2.37. The number of ether oxygens (including phenoxy) is 1. The highest BCUT2D eigenvalue weighted by Crippen LogP contribution is 2.34. The van der Waals surface area contributed by atoms with Gasteiger partial charge in [-0.05, 0) is 59.5 Å². The van der Waals surface area contributed by atoms with Crippen LogP contribution in [0.2, 0.25) is 0 Å². The number of aromatic amines is 1. The van der Waals surface area contributed by atoms with Crippen molar-refractivity contribution in [2.75, 3.05) is 13.7 Å². The van der Waals surface area contributed by atoms with Crippen LogP contribution in [0, 0.1) is 15.4 Å². The lowest BCUT2D eigenvalue weighted by Gasteiger charge is -2.29. The zero-order valence-electron chi connectivity index (χ0n) is 15.3. The number of methoxy groups -OCH3 is 1. The molecule has 1 fully saturated rings. The van der Waals surface area contributed by atoms with Crippen molar-refractivity contribution in [1.29, 1.82) is 0 Å². The number of halogens is 1. The van der Waals surface area contributed by atoms with E-state index in [1.165, 1.54) is 7.11 Å². The van der Waals surface area contributed by atoms with Gasteiger partial charge in [-0.15, -0.1) is 0 Å². The lowest BCUT2D eigenvalue weighted by molar-refractivity contribution is -0.148. The summed E-state index contributed by atoms with van der Waals surface area (Å²) in [6.45, 7) is 4.64. The molecule has 7 heteroatoms. The van der Waals surface area contributed by atoms with E-state index in [0.717, 1.165) is 33.3 Å². The van der Waals surface area contributed by atoms with Crippen LogP contribution in [-0.2, 0) is 14.3 Å². The first-order valence-electron chi connectivity index (χ1n) is 8.93. The molecular weight excluding hydrogens is 445 g/mol. The minimum atomic E-state index is -0.367. The van der Waals surface area contributed by atoms with Crippen molar-refractivity contribution in [2.45, 2.75) is 39.2 Å². The Morgan fingerprint density at radius 1 is 1.42 bits per heavy atom. The third-order valence-corrected chi connectivity index (χ3v) is 5.72. The van der Waals surface area contributed by atoms with Gasteiger partial charge in [-0.3, -0.25) is 9.59 Å². The predicted molar refractivity (Wildman–Crippen MR) is 107 cm³/mol. The van der Waals surface area contributed by atoms with Gasteiger partial charge in [0.05, 0.1) is 36.5 Å². The number of likely N-dealkylation sites (tertiary alicyclic amines) is 1. The van der Waals surface area contributed by atoms with Gasteiger partial charge >= 0.3 is 5.97 Å². The van der Waals surface area contributed by atoms with Crippen molar-refractivity contribution in [3.8, 4) is 0 Å². The van der Waals surface area contributed by atoms with E-state index in [2.05, 4.69) is 33.6 Å². The number of rotatable bonds is 5. The van der Waals surface area contributed by atoms with Crippen molar-refractivity contribution in [2.24, 2.45) is 11.8 Å². The quantitative estimate of drug-likeness (QED) is 0.536. The van der Waals surface area contributed by atoms with E-state index >= 15 is 0 Å². The largest absolute Gasteiger partial charge is 0.469 e. The van der Waals surface area contributed by atoms with E-state index in [1.807, 2.05) is 30.9 Å². The average Bonchev–Trinajstić information content (AvgIpc) is 3.24. The number of nitrogens with one attached hydrogen (secondary N) is 1. The summed E-state index contributed by atoms with van der Waals surface area (Å²) in [5.74, 6) is 0.205. The minimum Gasteiger partial charge on any atom is -0.469 e. The molecule has 1 aromatic carbocycles. The van der Waals surface area contributed by atoms with Crippen molar-refractivity contribution in [1.82, 2.24) is 14.9 Å². The maximum atomic E-state index is 13.2. The second-order valence-corrected chi connectivity index (χ2v) is 8.35. The van der Waals surface area contributed by atoms with Gasteiger partial charge in [0.1, 0.15) is 5.82 Å². The maximum absolute atomic E-state index is 13.2. The molecule has 2 atom stereocenters. The molecule has 3 rings (SSSR count). The van der Waals surface area contributed by atoms with Crippen molar-refractivity contribution >= 4 is 45.5 Å². The van der Waals surface area contributed by atoms with E-state index in [4.69, 9.17) is 9.72 Å². The summed E-state index contributed by atoms with van der Waals surface area (Å²) < 4.78 is 5.92. The fourth-order valence-corrected chi connectivity index (χ4v) is 4.05. The van der Waals surface area contributed by atoms with Gasteiger partial charge in [-0.2, -0.15) is 0 Å². The number of H-pyrrole nitrogens is 1. The van der Waals surface area contributed by atoms with Crippen molar-refractivity contribution in [3.05, 3.63) is 27.6 Å². The summed E-state index contributed by atoms with van der Waals surface area (Å²) in [4.78, 5) is 34.9. The number of esters is 1. The first-order valence-corrected chi connectivity index (χ1v) is 10.0. The number of fused-ring (bicyclic) bond motifs is 1. The van der Waals surface area contributed by atoms with E-state index in [1.54, 1.807) is 0 Å². The van der Waals surface area contributed by atoms with Crippen LogP contribution in [0.3, 0.4) is 0 Å². The second kappa shape index (κ2) is 7.94. The Labute approximate surface area is 166 Å². The molecule has 1 N–H and O–H groups in total. The van der Waals surface area contributed by atoms with Gasteiger partial charge in [0.15, 0.2) is 0 Å². The molecule has 2 aromatic rings. The standard InChI is InChI=1S/C19H24IN3O3/c1-11(2)13(10-17(24)26-3)19(25)23-8-4-5-16(23)18-21-14-7-6-12(20)9-15(14)22-18/h6-7,9,11,13,16H,4-5,8,10H2,1-3H3,(H,21,22)/t13-,16-/m0/s1. The molecular formula is C19H24IN3O3. The Hall–Kier alpha value is -1.64. The lowest BCUT2D eigenvalue weighted by Crippen LogP contribution is -2.39. The third-order valence-electron chi connectivity index (χ3n) is 5.05. The Morgan fingerprint density at radius 3 is 2.88 bits per heavy atom. The van der Waals surface area contributed by atoms with Gasteiger partial charge < -0.3 is 14.6 Å². The van der Waals surface area contributed by atoms with Gasteiger partial charge in [0.2, 0.25) is 5.91 Å². The number of carbonyl (C=O) groups is 2. The topological polar surface area (TPSA) is 75.3 Å². The zero-order valence-corrected chi connectivity index (χ0v) is 17.4. The molecule has 1 aromatic heterocycles. The van der Waals surface area contributed by atoms with Crippen LogP contribution in [0.25, 0.3) is 11.0 Å². The van der Waals surface area contributed by atoms with Crippen LogP contribution in [-0.4, -0.2) is 40.4 Å². The summed E-state index contributed by atoms with van der Waals surface area (Å²) >= 11 is 2.27. The van der Waals surface area contributed by atoms with Crippen LogP contribution in [0.5, 0.6) is 0 Å². The first-order chi connectivity index (χ1) is 12.4. The molecule has 0 spiro atoms. The van der Waals surface area contributed by atoms with Crippen LogP contribution >= 0.6 is 22.6 Å². The summed E-state index contributed by atoms with van der Waals surface area (Å²) in [6.07, 6.45) is 1.94. The number of amides is 1. The Bertz CT molecular complexity index is 817. The third kappa shape index (κ3) is 3.87. The number of benzene rings is 1. The number of nitrogens with zero attached hydrogens (tertiary/aromatic N) is 2. The molecule has 140 valence electrons. The monoisotopic (exact) mass is 469 g/mol. The first kappa shape index (κ1) is 19.1. The molecule has 6 nitrogen and oxygen atoms in total. The summed E-state index contributed by atoms with van der Waals surface area (Å²) in [7, 11) is 1.36. The van der Waals surface area contributed by atoms with E-state index in [-0.39, 0.29) is 36.2 Å². The fourth-order valence-electron chi connectivity index (χ4n) is 3.56. The van der Waals surface area contributed by atoms with Crippen LogP contribution < -0.4 is 0 Å². The molecule has 1 aliphatic rings. The lowest BCUT2D eigenvalue weighted by atomic mass is 9.91. The summed E-state index contributed by atoms with van der Waals surface area (Å²) in [6, 6.07) is 6.01. The van der Waals surface area contributed by atoms with Gasteiger partial charge in [-0.1, -0.05) is 13.8 Å². The second-order valence-electron chi connectivity index (χ2n) is 7.10. The molecule has 0 aliphatic carbocycles. The molecule has 1 amide bonds. The molecule has 0 unspecified atom stereocenters. The molecule has 0 saturated carbocycles. The molecule has 26 heavy (non-hydrogen) atoms. The smallest absolute Gasteiger partial charge is 0.306 e. The Kier molecular flexibility index (Phi) is 5.84. The highest BCUT2D eigenvalue weighted by atomic mass is 127. The van der Waals surface area contributed by atoms with Crippen LogP contribution in [0.4, 0.5) is 0 Å². The van der Waals surface area contributed by atoms with E-state index < -0.39 is 0 Å². The molecule has 2 heterocycles. The molecule has 1 saturated heterocycles. The van der Waals surface area contributed by atoms with E-state index in [9.17, 15) is 9.59 Å². The maximum Gasteiger partial charge on any atom is 0.306 e. The van der Waals surface area contributed by atoms with Gasteiger partial charge in [0.25, 0.3) is 0 Å². The predicted octanol–water partition coefficient (Wildman–Crippen LogP) is 3.67. The normalized spacial score (nSPS) is 18.5. The minimum absolute atomic E-state index is 0.0166. The number of carbonyl (C=O) groups excluding carboxylic acids is 2. The zero-order chi connectivity index (χ0) is 18.8. The van der Waals surface area contributed by atoms with Crippen molar-refractivity contribution in [3.63, 3.8) is 0 Å². The molecule has 0 radical (unpaired) electrons. The van der Waals surface area contributed by atoms with Gasteiger partial charge in [-0.25, -0.2) is 4.98 Å². The number of aromatic nitrogens is 2. The fraction of sp³-hybridized carbons (Fsp3) is 0.526. The van der Waals surface area contributed by atoms with Crippen molar-refractivity contribution < 1.29 is 14.3 Å². The average molecular weight is 469 g/mol. The molecule has 0 bridgehead atoms. The Morgan fingerprint density at radius 2 is 2.19 bits per heavy atom. The number of imidazole rings is 1. The number of hydrogen-bond donors (Lipinski definition) is 1. The van der Waals surface area contributed by atoms with Crippen LogP contribution in [0.15, 0.2) is 18.2 Å². The van der Waals surface area contributed by atoms with E-state index in [0.29, 0.717) is 6.54 Å². The Balaban J connectivity index is 1.85. The number of hydrogen-bond acceptors (Lipinski definition) is 4. The SMILES string of the molecule is COC(=O)C[C@H](C(=O)N1CCC[C@H]1c1nc2ccc(I)cc2[nH]1)C(C)C. The summed E-state index contributed by atoms with van der Waals surface area (Å²) in [5.41, 5.74) is 1.90. The van der Waals surface area contributed by atoms with Gasteiger partial charge in [0, 0.05) is 10.1 Å². The van der Waals surface area contributed by atoms with Crippen LogP contribution in [0.1, 0.15) is 45.0 Å². The summed E-state index contributed by atoms with van der Waals surface area (Å²) in [5, 5.41) is 0.